The van der Waals surface area contributed by atoms with Crippen molar-refractivity contribution in [1.29, 1.82) is 0 Å². The van der Waals surface area contributed by atoms with Crippen LogP contribution in [-0.4, -0.2) is 54.6 Å². The van der Waals surface area contributed by atoms with Gasteiger partial charge in [0.2, 0.25) is 0 Å². The normalized spacial score (nSPS) is 15.0. The Hall–Kier alpha value is -1.24. The molecule has 0 fully saturated rings. The summed E-state index contributed by atoms with van der Waals surface area (Å²) in [7, 11) is 0. The standard InChI is InChI=1S/C21H31N5O2S2.HI/c1-5-22-21(23-9-11-26-10-7-17-16(13-26)8-12-29-17)25-15(4)19-24-14(3)18(30-19)20(27)28-6-2;/h8,12,15H,5-7,9-11,13H2,1-4H3,(H2,22,23,25);1H. The third-order valence-corrected chi connectivity index (χ3v) is 7.26. The Morgan fingerprint density at radius 2 is 2.23 bits per heavy atom. The van der Waals surface area contributed by atoms with Gasteiger partial charge in [-0.25, -0.2) is 9.78 Å². The molecule has 0 radical (unpaired) electrons. The first-order valence-electron chi connectivity index (χ1n) is 10.5. The fourth-order valence-corrected chi connectivity index (χ4v) is 5.23. The van der Waals surface area contributed by atoms with Crippen LogP contribution in [0.3, 0.4) is 0 Å². The SMILES string of the molecule is CCNC(=NCCN1CCc2sccc2C1)NC(C)c1nc(C)c(C(=O)OCC)s1.I. The van der Waals surface area contributed by atoms with Crippen molar-refractivity contribution in [2.45, 2.75) is 46.7 Å². The highest BCUT2D eigenvalue weighted by Gasteiger charge is 2.20. The number of carbonyl (C=O) groups excluding carboxylic acids is 1. The van der Waals surface area contributed by atoms with Crippen molar-refractivity contribution >= 4 is 58.6 Å². The number of fused-ring (bicyclic) bond motifs is 1. The Labute approximate surface area is 209 Å². The lowest BCUT2D eigenvalue weighted by atomic mass is 10.1. The van der Waals surface area contributed by atoms with Crippen LogP contribution < -0.4 is 10.6 Å². The van der Waals surface area contributed by atoms with Crippen LogP contribution in [-0.2, 0) is 17.7 Å². The van der Waals surface area contributed by atoms with E-state index in [1.54, 1.807) is 0 Å². The summed E-state index contributed by atoms with van der Waals surface area (Å²) in [5.41, 5.74) is 2.17. The fourth-order valence-electron chi connectivity index (χ4n) is 3.38. The Morgan fingerprint density at radius 1 is 1.42 bits per heavy atom. The summed E-state index contributed by atoms with van der Waals surface area (Å²) >= 11 is 3.24. The molecule has 7 nitrogen and oxygen atoms in total. The predicted octanol–water partition coefficient (Wildman–Crippen LogP) is 3.98. The van der Waals surface area contributed by atoms with E-state index in [2.05, 4.69) is 38.9 Å². The summed E-state index contributed by atoms with van der Waals surface area (Å²) in [6, 6.07) is 2.18. The first kappa shape index (κ1) is 26.0. The van der Waals surface area contributed by atoms with Gasteiger partial charge in [-0.15, -0.1) is 46.7 Å². The minimum Gasteiger partial charge on any atom is -0.462 e. The number of guanidine groups is 1. The highest BCUT2D eigenvalue weighted by molar-refractivity contribution is 14.0. The zero-order chi connectivity index (χ0) is 21.5. The van der Waals surface area contributed by atoms with E-state index in [0.717, 1.165) is 50.1 Å². The van der Waals surface area contributed by atoms with Gasteiger partial charge in [-0.3, -0.25) is 9.89 Å². The lowest BCUT2D eigenvalue weighted by Gasteiger charge is -2.26. The first-order valence-corrected chi connectivity index (χ1v) is 12.2. The topological polar surface area (TPSA) is 78.9 Å². The fraction of sp³-hybridized carbons (Fsp3) is 0.571. The molecule has 1 aliphatic rings. The molecular formula is C21H32IN5O2S2. The van der Waals surface area contributed by atoms with Crippen molar-refractivity contribution in [2.24, 2.45) is 4.99 Å². The summed E-state index contributed by atoms with van der Waals surface area (Å²) in [6.07, 6.45) is 1.14. The Balaban J connectivity index is 0.00000341. The molecule has 2 aromatic rings. The quantitative estimate of drug-likeness (QED) is 0.214. The van der Waals surface area contributed by atoms with Crippen molar-refractivity contribution in [3.05, 3.63) is 37.5 Å². The van der Waals surface area contributed by atoms with Gasteiger partial charge in [0, 0.05) is 31.1 Å². The number of nitrogens with one attached hydrogen (secondary N) is 2. The number of thiophene rings is 1. The van der Waals surface area contributed by atoms with Crippen molar-refractivity contribution in [2.75, 3.05) is 32.8 Å². The second-order valence-electron chi connectivity index (χ2n) is 7.21. The maximum atomic E-state index is 12.1. The maximum absolute atomic E-state index is 12.1. The number of esters is 1. The predicted molar refractivity (Wildman–Crippen MR) is 139 cm³/mol. The molecular weight excluding hydrogens is 545 g/mol. The van der Waals surface area contributed by atoms with Gasteiger partial charge in [0.1, 0.15) is 9.88 Å². The average Bonchev–Trinajstić information content (AvgIpc) is 3.34. The molecule has 1 unspecified atom stereocenters. The van der Waals surface area contributed by atoms with E-state index in [1.807, 2.05) is 32.1 Å². The van der Waals surface area contributed by atoms with E-state index >= 15 is 0 Å². The van der Waals surface area contributed by atoms with Gasteiger partial charge in [0.15, 0.2) is 5.96 Å². The number of carbonyl (C=O) groups is 1. The van der Waals surface area contributed by atoms with E-state index in [4.69, 9.17) is 9.73 Å². The van der Waals surface area contributed by atoms with E-state index in [0.29, 0.717) is 17.2 Å². The lowest BCUT2D eigenvalue weighted by molar-refractivity contribution is 0.0531. The van der Waals surface area contributed by atoms with Gasteiger partial charge in [-0.2, -0.15) is 0 Å². The number of thiazole rings is 1. The van der Waals surface area contributed by atoms with E-state index < -0.39 is 0 Å². The van der Waals surface area contributed by atoms with Crippen molar-refractivity contribution < 1.29 is 9.53 Å². The molecule has 2 N–H and O–H groups in total. The van der Waals surface area contributed by atoms with Crippen LogP contribution in [0.4, 0.5) is 0 Å². The lowest BCUT2D eigenvalue weighted by Crippen LogP contribution is -2.39. The third-order valence-electron chi connectivity index (χ3n) is 4.91. The van der Waals surface area contributed by atoms with Crippen molar-refractivity contribution in [3.63, 3.8) is 0 Å². The zero-order valence-electron chi connectivity index (χ0n) is 18.6. The second kappa shape index (κ2) is 12.7. The van der Waals surface area contributed by atoms with Gasteiger partial charge >= 0.3 is 5.97 Å². The van der Waals surface area contributed by atoms with Gasteiger partial charge in [-0.1, -0.05) is 0 Å². The van der Waals surface area contributed by atoms with Gasteiger partial charge < -0.3 is 15.4 Å². The van der Waals surface area contributed by atoms with Crippen LogP contribution in [0.2, 0.25) is 0 Å². The maximum Gasteiger partial charge on any atom is 0.350 e. The summed E-state index contributed by atoms with van der Waals surface area (Å²) in [5, 5.41) is 9.76. The monoisotopic (exact) mass is 577 g/mol. The molecule has 0 bridgehead atoms. The van der Waals surface area contributed by atoms with Crippen molar-refractivity contribution in [3.8, 4) is 0 Å². The first-order chi connectivity index (χ1) is 14.5. The molecule has 172 valence electrons. The summed E-state index contributed by atoms with van der Waals surface area (Å²) in [6.45, 7) is 12.7. The van der Waals surface area contributed by atoms with E-state index in [1.165, 1.54) is 21.8 Å². The molecule has 3 rings (SSSR count). The molecule has 0 amide bonds. The highest BCUT2D eigenvalue weighted by Crippen LogP contribution is 2.25. The number of nitrogens with zero attached hydrogens (tertiary/aromatic N) is 3. The largest absolute Gasteiger partial charge is 0.462 e. The van der Waals surface area contributed by atoms with Gasteiger partial charge in [0.05, 0.1) is 24.9 Å². The molecule has 10 heteroatoms. The summed E-state index contributed by atoms with van der Waals surface area (Å²) < 4.78 is 5.12. The number of aryl methyl sites for hydroxylation is 1. The molecule has 0 saturated carbocycles. The Morgan fingerprint density at radius 3 is 2.97 bits per heavy atom. The summed E-state index contributed by atoms with van der Waals surface area (Å²) in [5.74, 6) is 0.464. The second-order valence-corrected chi connectivity index (χ2v) is 9.24. The van der Waals surface area contributed by atoms with Crippen LogP contribution >= 0.6 is 46.7 Å². The zero-order valence-corrected chi connectivity index (χ0v) is 22.5. The molecule has 0 aromatic carbocycles. The molecule has 2 aromatic heterocycles. The minimum atomic E-state index is -0.304. The van der Waals surface area contributed by atoms with Crippen molar-refractivity contribution in [1.82, 2.24) is 20.5 Å². The number of ether oxygens (including phenoxy) is 1. The minimum absolute atomic E-state index is 0. The smallest absolute Gasteiger partial charge is 0.350 e. The number of rotatable bonds is 8. The van der Waals surface area contributed by atoms with Crippen LogP contribution in [0.15, 0.2) is 16.4 Å². The molecule has 1 atom stereocenters. The molecule has 1 aliphatic heterocycles. The van der Waals surface area contributed by atoms with Gasteiger partial charge in [-0.05, 0) is 51.1 Å². The molecule has 0 spiro atoms. The molecule has 0 saturated heterocycles. The number of aromatic nitrogens is 1. The van der Waals surface area contributed by atoms with E-state index in [-0.39, 0.29) is 36.0 Å². The number of halogens is 1. The average molecular weight is 578 g/mol. The van der Waals surface area contributed by atoms with Crippen LogP contribution in [0.5, 0.6) is 0 Å². The Kier molecular flexibility index (Phi) is 10.7. The van der Waals surface area contributed by atoms with Crippen LogP contribution in [0, 0.1) is 6.92 Å². The van der Waals surface area contributed by atoms with Crippen LogP contribution in [0.25, 0.3) is 0 Å². The summed E-state index contributed by atoms with van der Waals surface area (Å²) in [4.78, 5) is 25.9. The number of hydrogen-bond acceptors (Lipinski definition) is 7. The Bertz CT molecular complexity index is 883. The number of aliphatic imine (C=N–C) groups is 1. The number of hydrogen-bond donors (Lipinski definition) is 2. The molecule has 0 aliphatic carbocycles. The van der Waals surface area contributed by atoms with Gasteiger partial charge in [0.25, 0.3) is 0 Å². The highest BCUT2D eigenvalue weighted by atomic mass is 127. The van der Waals surface area contributed by atoms with Crippen LogP contribution in [0.1, 0.15) is 57.6 Å². The van der Waals surface area contributed by atoms with E-state index in [9.17, 15) is 4.79 Å². The molecule has 3 heterocycles. The third kappa shape index (κ3) is 7.13. The molecule has 31 heavy (non-hydrogen) atoms.